The minimum atomic E-state index is -0.128. The van der Waals surface area contributed by atoms with Crippen LogP contribution in [0.3, 0.4) is 0 Å². The number of amides is 1. The summed E-state index contributed by atoms with van der Waals surface area (Å²) >= 11 is 6.03. The van der Waals surface area contributed by atoms with Gasteiger partial charge < -0.3 is 5.32 Å². The topological polar surface area (TPSA) is 46.9 Å². The number of nitrogens with one attached hydrogen (secondary N) is 1. The minimum absolute atomic E-state index is 0.128. The average Bonchev–Trinajstić information content (AvgIpc) is 3.14. The first-order valence-electron chi connectivity index (χ1n) is 10.3. The fourth-order valence-electron chi connectivity index (χ4n) is 3.17. The van der Waals surface area contributed by atoms with Crippen molar-refractivity contribution in [3.63, 3.8) is 0 Å². The average molecular weight is 410 g/mol. The Balaban J connectivity index is 1.81. The molecule has 3 aromatic rings. The molecule has 0 saturated heterocycles. The van der Waals surface area contributed by atoms with Gasteiger partial charge in [0.25, 0.3) is 5.91 Å². The Kier molecular flexibility index (Phi) is 7.48. The number of benzene rings is 2. The van der Waals surface area contributed by atoms with Gasteiger partial charge in [-0.15, -0.1) is 0 Å². The van der Waals surface area contributed by atoms with Gasteiger partial charge in [0, 0.05) is 28.9 Å². The van der Waals surface area contributed by atoms with Crippen molar-refractivity contribution < 1.29 is 4.79 Å². The second-order valence-electron chi connectivity index (χ2n) is 7.27. The molecule has 0 aliphatic carbocycles. The highest BCUT2D eigenvalue weighted by atomic mass is 35.5. The highest BCUT2D eigenvalue weighted by Crippen LogP contribution is 2.28. The van der Waals surface area contributed by atoms with E-state index in [2.05, 4.69) is 19.2 Å². The van der Waals surface area contributed by atoms with Gasteiger partial charge in [0.2, 0.25) is 0 Å². The second-order valence-corrected chi connectivity index (χ2v) is 7.71. The van der Waals surface area contributed by atoms with E-state index < -0.39 is 0 Å². The zero-order chi connectivity index (χ0) is 20.6. The highest BCUT2D eigenvalue weighted by molar-refractivity contribution is 6.30. The van der Waals surface area contributed by atoms with Crippen LogP contribution in [0.15, 0.2) is 54.7 Å². The molecule has 0 atom stereocenters. The van der Waals surface area contributed by atoms with Gasteiger partial charge in [-0.1, -0.05) is 62.6 Å². The van der Waals surface area contributed by atoms with Gasteiger partial charge in [0.05, 0.1) is 5.69 Å². The molecule has 0 bridgehead atoms. The van der Waals surface area contributed by atoms with Crippen LogP contribution in [-0.2, 0) is 13.0 Å². The molecule has 1 heterocycles. The number of rotatable bonds is 9. The van der Waals surface area contributed by atoms with Gasteiger partial charge in [0.15, 0.2) is 0 Å². The lowest BCUT2D eigenvalue weighted by atomic mass is 10.1. The molecule has 1 aromatic heterocycles. The number of unbranched alkanes of at least 4 members (excludes halogenated alkanes) is 2. The fraction of sp³-hybridized carbons (Fsp3) is 0.333. The van der Waals surface area contributed by atoms with Gasteiger partial charge in [-0.25, -0.2) is 0 Å². The predicted molar refractivity (Wildman–Crippen MR) is 121 cm³/mol. The van der Waals surface area contributed by atoms with Crippen molar-refractivity contribution >= 4 is 23.2 Å². The summed E-state index contributed by atoms with van der Waals surface area (Å²) in [6.45, 7) is 5.15. The maximum Gasteiger partial charge on any atom is 0.255 e. The number of nitrogens with zero attached hydrogens (tertiary/aromatic N) is 2. The van der Waals surface area contributed by atoms with Crippen LogP contribution >= 0.6 is 11.6 Å². The van der Waals surface area contributed by atoms with Gasteiger partial charge in [-0.2, -0.15) is 5.10 Å². The van der Waals surface area contributed by atoms with Crippen molar-refractivity contribution in [2.45, 2.75) is 52.5 Å². The Morgan fingerprint density at radius 2 is 1.69 bits per heavy atom. The van der Waals surface area contributed by atoms with E-state index in [1.165, 1.54) is 5.56 Å². The van der Waals surface area contributed by atoms with Crippen LogP contribution in [0.1, 0.15) is 55.5 Å². The second kappa shape index (κ2) is 10.3. The molecular weight excluding hydrogens is 382 g/mol. The lowest BCUT2D eigenvalue weighted by molar-refractivity contribution is 0.102. The molecule has 0 radical (unpaired) electrons. The van der Waals surface area contributed by atoms with Crippen LogP contribution in [0.4, 0.5) is 5.69 Å². The fourth-order valence-corrected chi connectivity index (χ4v) is 3.29. The van der Waals surface area contributed by atoms with Crippen LogP contribution < -0.4 is 5.32 Å². The summed E-state index contributed by atoms with van der Waals surface area (Å²) in [4.78, 5) is 12.8. The Morgan fingerprint density at radius 3 is 2.34 bits per heavy atom. The molecule has 0 fully saturated rings. The van der Waals surface area contributed by atoms with Gasteiger partial charge in [0.1, 0.15) is 5.69 Å². The zero-order valence-corrected chi connectivity index (χ0v) is 17.9. The van der Waals surface area contributed by atoms with Gasteiger partial charge in [-0.3, -0.25) is 9.48 Å². The van der Waals surface area contributed by atoms with Crippen molar-refractivity contribution in [2.75, 3.05) is 5.32 Å². The number of carbonyl (C=O) groups excluding carboxylic acids is 1. The summed E-state index contributed by atoms with van der Waals surface area (Å²) in [5, 5.41) is 8.42. The molecule has 0 spiro atoms. The van der Waals surface area contributed by atoms with E-state index in [0.29, 0.717) is 16.3 Å². The quantitative estimate of drug-likeness (QED) is 0.432. The third kappa shape index (κ3) is 5.70. The van der Waals surface area contributed by atoms with Crippen LogP contribution in [-0.4, -0.2) is 15.7 Å². The van der Waals surface area contributed by atoms with E-state index in [0.717, 1.165) is 49.9 Å². The van der Waals surface area contributed by atoms with Crippen LogP contribution in [0.25, 0.3) is 11.3 Å². The maximum absolute atomic E-state index is 12.8. The van der Waals surface area contributed by atoms with E-state index in [9.17, 15) is 4.79 Å². The van der Waals surface area contributed by atoms with Crippen LogP contribution in [0.5, 0.6) is 0 Å². The maximum atomic E-state index is 12.8. The highest BCUT2D eigenvalue weighted by Gasteiger charge is 2.15. The molecule has 1 amide bonds. The first-order valence-corrected chi connectivity index (χ1v) is 10.7. The first-order chi connectivity index (χ1) is 14.1. The molecule has 5 heteroatoms. The lowest BCUT2D eigenvalue weighted by Crippen LogP contribution is -2.12. The third-order valence-corrected chi connectivity index (χ3v) is 5.16. The number of aromatic nitrogens is 2. The van der Waals surface area contributed by atoms with Crippen LogP contribution in [0, 0.1) is 0 Å². The normalized spacial score (nSPS) is 10.9. The van der Waals surface area contributed by atoms with E-state index >= 15 is 0 Å². The summed E-state index contributed by atoms with van der Waals surface area (Å²) in [5.74, 6) is -0.128. The van der Waals surface area contributed by atoms with E-state index in [4.69, 9.17) is 16.7 Å². The molecule has 2 aromatic carbocycles. The van der Waals surface area contributed by atoms with Crippen molar-refractivity contribution in [3.8, 4) is 11.3 Å². The summed E-state index contributed by atoms with van der Waals surface area (Å²) in [7, 11) is 0. The zero-order valence-electron chi connectivity index (χ0n) is 17.1. The predicted octanol–water partition coefficient (Wildman–Crippen LogP) is 6.60. The van der Waals surface area contributed by atoms with Crippen molar-refractivity contribution in [3.05, 3.63) is 70.9 Å². The molecule has 152 valence electrons. The molecule has 0 saturated carbocycles. The number of carbonyl (C=O) groups is 1. The molecular formula is C24H28ClN3O. The van der Waals surface area contributed by atoms with E-state index in [1.54, 1.807) is 0 Å². The van der Waals surface area contributed by atoms with E-state index in [-0.39, 0.29) is 5.91 Å². The summed E-state index contributed by atoms with van der Waals surface area (Å²) in [5.41, 5.74) is 4.30. The van der Waals surface area contributed by atoms with Crippen LogP contribution in [0.2, 0.25) is 5.02 Å². The Hall–Kier alpha value is -2.59. The molecule has 4 nitrogen and oxygen atoms in total. The minimum Gasteiger partial charge on any atom is -0.319 e. The summed E-state index contributed by atoms with van der Waals surface area (Å²) in [6.07, 6.45) is 7.40. The Bertz CT molecular complexity index is 930. The standard InChI is InChI=1S/C24H28ClN3O/c1-3-5-7-18-8-10-20(11-9-18)24(29)26-22-17-28(16-6-4-2)27-23(22)19-12-14-21(25)15-13-19/h8-15,17H,3-7,16H2,1-2H3,(H,26,29). The number of aryl methyl sites for hydroxylation is 2. The molecule has 0 unspecified atom stereocenters. The third-order valence-electron chi connectivity index (χ3n) is 4.90. The monoisotopic (exact) mass is 409 g/mol. The lowest BCUT2D eigenvalue weighted by Gasteiger charge is -2.07. The van der Waals surface area contributed by atoms with Crippen molar-refractivity contribution in [1.82, 2.24) is 9.78 Å². The Labute approximate surface area is 177 Å². The van der Waals surface area contributed by atoms with Crippen molar-refractivity contribution in [1.29, 1.82) is 0 Å². The Morgan fingerprint density at radius 1 is 1.00 bits per heavy atom. The summed E-state index contributed by atoms with van der Waals surface area (Å²) in [6, 6.07) is 15.4. The number of hydrogen-bond donors (Lipinski definition) is 1. The molecule has 1 N–H and O–H groups in total. The largest absolute Gasteiger partial charge is 0.319 e. The SMILES string of the molecule is CCCCc1ccc(C(=O)Nc2cn(CCCC)nc2-c2ccc(Cl)cc2)cc1. The smallest absolute Gasteiger partial charge is 0.255 e. The van der Waals surface area contributed by atoms with E-state index in [1.807, 2.05) is 59.4 Å². The van der Waals surface area contributed by atoms with Crippen molar-refractivity contribution in [2.24, 2.45) is 0 Å². The molecule has 3 rings (SSSR count). The van der Waals surface area contributed by atoms with Gasteiger partial charge >= 0.3 is 0 Å². The number of anilines is 1. The molecule has 0 aliphatic rings. The van der Waals surface area contributed by atoms with Gasteiger partial charge in [-0.05, 0) is 49.1 Å². The summed E-state index contributed by atoms with van der Waals surface area (Å²) < 4.78 is 1.90. The number of halogens is 1. The first kappa shape index (κ1) is 21.1. The number of hydrogen-bond acceptors (Lipinski definition) is 2. The molecule has 29 heavy (non-hydrogen) atoms. The molecule has 0 aliphatic heterocycles.